The van der Waals surface area contributed by atoms with E-state index in [1.54, 1.807) is 0 Å². The molecule has 0 fully saturated rings. The van der Waals surface area contributed by atoms with E-state index in [0.717, 1.165) is 61.1 Å². The molecule has 1 atom stereocenters. The fourth-order valence-electron chi connectivity index (χ4n) is 7.10. The van der Waals surface area contributed by atoms with Gasteiger partial charge in [0.1, 0.15) is 29.3 Å². The first-order chi connectivity index (χ1) is 27.8. The van der Waals surface area contributed by atoms with Crippen LogP contribution in [-0.2, 0) is 6.16 Å². The Bertz CT molecular complexity index is 2410. The second kappa shape index (κ2) is 20.4. The van der Waals surface area contributed by atoms with Crippen molar-refractivity contribution in [3.05, 3.63) is 213 Å². The molecule has 8 aromatic rings. The minimum Gasteiger partial charge on any atom is -1.00 e. The number of halogens is 3. The zero-order chi connectivity index (χ0) is 39.6. The number of rotatable bonds is 11. The molecule has 0 bridgehead atoms. The molecule has 0 N–H and O–H groups in total. The van der Waals surface area contributed by atoms with Gasteiger partial charge in [-0.2, -0.15) is 0 Å². The Balaban J connectivity index is 0.000000202. The molecule has 0 aliphatic rings. The van der Waals surface area contributed by atoms with Crippen molar-refractivity contribution < 1.29 is 26.0 Å². The highest BCUT2D eigenvalue weighted by Gasteiger charge is 2.47. The number of allylic oxidation sites excluding steroid dienone is 1. The normalized spacial score (nSPS) is 11.7. The quantitative estimate of drug-likeness (QED) is 0.121. The third-order valence-electron chi connectivity index (χ3n) is 10.2. The Morgan fingerprint density at radius 2 is 0.966 bits per heavy atom. The van der Waals surface area contributed by atoms with Crippen molar-refractivity contribution in [1.29, 1.82) is 0 Å². The summed E-state index contributed by atoms with van der Waals surface area (Å²) in [5, 5.41) is 12.6. The first-order valence-corrected chi connectivity index (χ1v) is 22.6. The van der Waals surface area contributed by atoms with Gasteiger partial charge in [0.2, 0.25) is 0 Å². The van der Waals surface area contributed by atoms with Crippen molar-refractivity contribution in [1.82, 2.24) is 10.3 Å². The highest BCUT2D eigenvalue weighted by atomic mass is 79.9. The minimum absolute atomic E-state index is 0. The molecule has 1 unspecified atom stereocenters. The average molecular weight is 976 g/mol. The molecule has 6 aromatic carbocycles. The summed E-state index contributed by atoms with van der Waals surface area (Å²) in [6, 6.07) is 59.7. The van der Waals surface area contributed by atoms with Crippen LogP contribution in [-0.4, -0.2) is 10.3 Å². The number of aryl methyl sites for hydroxylation is 2. The number of hydrogen-bond acceptors (Lipinski definition) is 4. The predicted octanol–water partition coefficient (Wildman–Crippen LogP) is 10.5. The maximum absolute atomic E-state index is 5.93. The van der Waals surface area contributed by atoms with Crippen LogP contribution in [0.2, 0.25) is 0 Å². The third kappa shape index (κ3) is 9.96. The number of hydrogen-bond donors (Lipinski definition) is 0. The van der Waals surface area contributed by atoms with Gasteiger partial charge in [-0.3, -0.25) is 0 Å². The fraction of sp³-hybridized carbons (Fsp3) is 0.120. The summed E-state index contributed by atoms with van der Waals surface area (Å²) in [5.41, 5.74) is 7.52. The number of nitrogens with zero attached hydrogens (tertiary/aromatic N) is 2. The summed E-state index contributed by atoms with van der Waals surface area (Å²) in [6.45, 7) is 6.28. The van der Waals surface area contributed by atoms with Gasteiger partial charge in [-0.15, -0.1) is 0 Å². The molecule has 0 spiro atoms. The monoisotopic (exact) mass is 972 g/mol. The van der Waals surface area contributed by atoms with E-state index in [1.165, 1.54) is 27.0 Å². The van der Waals surface area contributed by atoms with Crippen LogP contribution in [0.15, 0.2) is 194 Å². The van der Waals surface area contributed by atoms with Crippen LogP contribution in [0.5, 0.6) is 0 Å². The molecule has 2 heterocycles. The molecule has 0 radical (unpaired) electrons. The van der Waals surface area contributed by atoms with Gasteiger partial charge < -0.3 is 26.0 Å². The summed E-state index contributed by atoms with van der Waals surface area (Å²) in [5.74, 6) is 2.16. The summed E-state index contributed by atoms with van der Waals surface area (Å²) in [6.07, 6.45) is 6.16. The lowest BCUT2D eigenvalue weighted by Gasteiger charge is -2.27. The van der Waals surface area contributed by atoms with Gasteiger partial charge in [0.15, 0.2) is 11.5 Å². The highest BCUT2D eigenvalue weighted by Crippen LogP contribution is 2.59. The molecular weight excluding hydrogens is 931 g/mol. The molecule has 0 saturated heterocycles. The zero-order valence-electron chi connectivity index (χ0n) is 32.6. The number of aromatic nitrogens is 2. The van der Waals surface area contributed by atoms with E-state index in [2.05, 4.69) is 202 Å². The van der Waals surface area contributed by atoms with Crippen molar-refractivity contribution in [3.8, 4) is 22.6 Å². The van der Waals surface area contributed by atoms with Crippen LogP contribution >= 0.6 is 39.1 Å². The highest BCUT2D eigenvalue weighted by molar-refractivity contribution is 9.10. The fourth-order valence-corrected chi connectivity index (χ4v) is 12.0. The van der Waals surface area contributed by atoms with Gasteiger partial charge in [-0.25, -0.2) is 0 Å². The molecule has 0 saturated carbocycles. The SMILES string of the molecule is Cc1noc(-c2ccc(Br)cc2)c1C=CCC(C)c1ccccc1.Cc1noc(-c2ccc(Br)cc2)c1C[P+](c1ccccc1)(c1ccccc1)c1ccccc1.[Br-]. The maximum Gasteiger partial charge on any atom is 0.174 e. The summed E-state index contributed by atoms with van der Waals surface area (Å²) in [7, 11) is -2.04. The first-order valence-electron chi connectivity index (χ1n) is 19.0. The lowest BCUT2D eigenvalue weighted by atomic mass is 9.97. The van der Waals surface area contributed by atoms with Crippen LogP contribution in [0.4, 0.5) is 0 Å². The van der Waals surface area contributed by atoms with Crippen LogP contribution in [0.1, 0.15) is 47.3 Å². The summed E-state index contributed by atoms with van der Waals surface area (Å²) < 4.78 is 13.6. The Morgan fingerprint density at radius 3 is 1.45 bits per heavy atom. The van der Waals surface area contributed by atoms with Crippen molar-refractivity contribution in [2.75, 3.05) is 0 Å². The second-order valence-electron chi connectivity index (χ2n) is 14.0. The Hall–Kier alpha value is -4.65. The average Bonchev–Trinajstić information content (AvgIpc) is 3.82. The molecule has 0 amide bonds. The molecule has 2 aromatic heterocycles. The van der Waals surface area contributed by atoms with Crippen molar-refractivity contribution in [2.45, 2.75) is 39.3 Å². The smallest absolute Gasteiger partial charge is 0.174 e. The molecule has 58 heavy (non-hydrogen) atoms. The van der Waals surface area contributed by atoms with Crippen LogP contribution in [0.25, 0.3) is 28.7 Å². The van der Waals surface area contributed by atoms with Gasteiger partial charge in [-0.1, -0.05) is 158 Å². The Morgan fingerprint density at radius 1 is 0.552 bits per heavy atom. The third-order valence-corrected chi connectivity index (χ3v) is 15.6. The van der Waals surface area contributed by atoms with Crippen LogP contribution in [0.3, 0.4) is 0 Å². The molecule has 8 rings (SSSR count). The van der Waals surface area contributed by atoms with Gasteiger partial charge in [0, 0.05) is 25.6 Å². The van der Waals surface area contributed by atoms with Gasteiger partial charge in [0.25, 0.3) is 0 Å². The van der Waals surface area contributed by atoms with Crippen molar-refractivity contribution >= 4 is 61.1 Å². The van der Waals surface area contributed by atoms with E-state index in [1.807, 2.05) is 43.3 Å². The topological polar surface area (TPSA) is 52.1 Å². The maximum atomic E-state index is 5.93. The standard InChI is InChI=1S/C29H24BrNOP.C21H20BrNO.BrH/c1-22-28(29(32-31-22)23-17-19-24(30)20-18-23)21-33(25-11-5-2-6-12-25,26-13-7-3-8-14-26)27-15-9-4-10-16-27;1-15(17-8-4-3-5-9-17)7-6-10-20-16(2)23-24-21(20)18-11-13-19(22)14-12-18;/h2-20H,21H2,1H3;3-6,8-15H,7H2,1-2H3;1H/q+1;;/p-1. The lowest BCUT2D eigenvalue weighted by molar-refractivity contribution is -0.0000118. The van der Waals surface area contributed by atoms with Gasteiger partial charge in [-0.05, 0) is 105 Å². The van der Waals surface area contributed by atoms with Crippen molar-refractivity contribution in [3.63, 3.8) is 0 Å². The van der Waals surface area contributed by atoms with E-state index in [9.17, 15) is 0 Å². The van der Waals surface area contributed by atoms with Crippen molar-refractivity contribution in [2.24, 2.45) is 0 Å². The van der Waals surface area contributed by atoms with E-state index in [0.29, 0.717) is 5.92 Å². The van der Waals surface area contributed by atoms with Crippen LogP contribution in [0, 0.1) is 13.8 Å². The lowest BCUT2D eigenvalue weighted by Crippen LogP contribution is -3.00. The molecule has 292 valence electrons. The summed E-state index contributed by atoms with van der Waals surface area (Å²) >= 11 is 7.00. The Labute approximate surface area is 369 Å². The first kappa shape index (κ1) is 42.9. The predicted molar refractivity (Wildman–Crippen MR) is 246 cm³/mol. The largest absolute Gasteiger partial charge is 1.00 e. The van der Waals surface area contributed by atoms with E-state index < -0.39 is 7.26 Å². The van der Waals surface area contributed by atoms with E-state index >= 15 is 0 Å². The molecule has 0 aliphatic heterocycles. The van der Waals surface area contributed by atoms with Crippen LogP contribution < -0.4 is 32.9 Å². The molecule has 0 aliphatic carbocycles. The van der Waals surface area contributed by atoms with E-state index in [4.69, 9.17) is 9.05 Å². The van der Waals surface area contributed by atoms with Gasteiger partial charge >= 0.3 is 0 Å². The summed E-state index contributed by atoms with van der Waals surface area (Å²) in [4.78, 5) is 0. The molecule has 8 heteroatoms. The minimum atomic E-state index is -2.04. The number of benzene rings is 6. The zero-order valence-corrected chi connectivity index (χ0v) is 38.3. The second-order valence-corrected chi connectivity index (χ2v) is 19.3. The van der Waals surface area contributed by atoms with E-state index in [-0.39, 0.29) is 17.0 Å². The van der Waals surface area contributed by atoms with Gasteiger partial charge in [0.05, 0.1) is 17.0 Å². The molecule has 4 nitrogen and oxygen atoms in total. The molecular formula is C50H44Br3N2O2P. The Kier molecular flexibility index (Phi) is 15.1.